The molecule has 0 amide bonds. The van der Waals surface area contributed by atoms with Crippen molar-refractivity contribution in [1.29, 1.82) is 0 Å². The van der Waals surface area contributed by atoms with Gasteiger partial charge in [0.05, 0.1) is 0 Å². The van der Waals surface area contributed by atoms with Gasteiger partial charge in [-0.2, -0.15) is 0 Å². The van der Waals surface area contributed by atoms with E-state index in [2.05, 4.69) is 254 Å². The van der Waals surface area contributed by atoms with Crippen molar-refractivity contribution in [3.63, 3.8) is 0 Å². The average molecular weight is 785 g/mol. The zero-order chi connectivity index (χ0) is 41.0. The molecule has 0 N–H and O–H groups in total. The van der Waals surface area contributed by atoms with Crippen molar-refractivity contribution < 1.29 is 4.74 Å². The molecule has 11 rings (SSSR count). The van der Waals surface area contributed by atoms with Crippen LogP contribution in [0.1, 0.15) is 41.7 Å². The number of para-hydroxylation sites is 3. The molecular formula is C58H44N2O. The molecule has 3 nitrogen and oxygen atoms in total. The van der Waals surface area contributed by atoms with Crippen LogP contribution in [0.5, 0.6) is 5.75 Å². The maximum atomic E-state index is 7.61. The van der Waals surface area contributed by atoms with Crippen LogP contribution < -0.4 is 14.5 Å². The summed E-state index contributed by atoms with van der Waals surface area (Å²) in [5.41, 5.74) is 16.2. The highest BCUT2D eigenvalue weighted by Gasteiger charge is 2.44. The van der Waals surface area contributed by atoms with E-state index in [0.29, 0.717) is 0 Å². The third-order valence-electron chi connectivity index (χ3n) is 12.7. The largest absolute Gasteiger partial charge is 0.472 e. The molecule has 2 aliphatic rings. The van der Waals surface area contributed by atoms with E-state index >= 15 is 0 Å². The van der Waals surface area contributed by atoms with E-state index in [0.717, 1.165) is 67.7 Å². The van der Waals surface area contributed by atoms with Crippen LogP contribution in [0.3, 0.4) is 0 Å². The van der Waals surface area contributed by atoms with Gasteiger partial charge in [0.15, 0.2) is 5.60 Å². The van der Waals surface area contributed by atoms with Crippen molar-refractivity contribution in [2.45, 2.75) is 24.9 Å². The summed E-state index contributed by atoms with van der Waals surface area (Å²) in [7, 11) is 0. The molecule has 0 saturated carbocycles. The van der Waals surface area contributed by atoms with E-state index in [1.54, 1.807) is 0 Å². The van der Waals surface area contributed by atoms with Crippen LogP contribution in [0.15, 0.2) is 231 Å². The maximum absolute atomic E-state index is 7.61. The lowest BCUT2D eigenvalue weighted by atomic mass is 9.75. The summed E-state index contributed by atoms with van der Waals surface area (Å²) >= 11 is 0. The molecule has 61 heavy (non-hydrogen) atoms. The molecule has 1 atom stereocenters. The molecule has 0 bridgehead atoms. The van der Waals surface area contributed by atoms with E-state index < -0.39 is 5.60 Å². The van der Waals surface area contributed by atoms with Crippen molar-refractivity contribution in [2.75, 3.05) is 9.80 Å². The van der Waals surface area contributed by atoms with Gasteiger partial charge in [0.2, 0.25) is 0 Å². The second kappa shape index (κ2) is 14.6. The summed E-state index contributed by atoms with van der Waals surface area (Å²) in [5.74, 6) is 0.827. The van der Waals surface area contributed by atoms with E-state index in [-0.39, 0.29) is 5.41 Å². The monoisotopic (exact) mass is 784 g/mol. The summed E-state index contributed by atoms with van der Waals surface area (Å²) in [4.78, 5) is 4.66. The van der Waals surface area contributed by atoms with Crippen LogP contribution in [-0.4, -0.2) is 0 Å². The minimum atomic E-state index is -0.938. The van der Waals surface area contributed by atoms with Gasteiger partial charge in [-0.1, -0.05) is 166 Å². The summed E-state index contributed by atoms with van der Waals surface area (Å²) in [6.45, 7) is 4.67. The van der Waals surface area contributed by atoms with Gasteiger partial charge < -0.3 is 14.5 Å². The summed E-state index contributed by atoms with van der Waals surface area (Å²) in [6, 6.07) is 82.7. The molecule has 292 valence electrons. The molecule has 1 aliphatic carbocycles. The van der Waals surface area contributed by atoms with Gasteiger partial charge in [0.25, 0.3) is 0 Å². The molecule has 1 heterocycles. The van der Waals surface area contributed by atoms with E-state index in [1.807, 2.05) is 0 Å². The Kier molecular flexibility index (Phi) is 8.72. The third kappa shape index (κ3) is 5.96. The van der Waals surface area contributed by atoms with Crippen LogP contribution in [0, 0.1) is 0 Å². The second-order valence-electron chi connectivity index (χ2n) is 16.5. The predicted octanol–water partition coefficient (Wildman–Crippen LogP) is 15.3. The Morgan fingerprint density at radius 2 is 0.721 bits per heavy atom. The van der Waals surface area contributed by atoms with Gasteiger partial charge in [-0.15, -0.1) is 0 Å². The first kappa shape index (κ1) is 36.5. The molecule has 0 spiro atoms. The van der Waals surface area contributed by atoms with E-state index in [9.17, 15) is 0 Å². The van der Waals surface area contributed by atoms with E-state index in [4.69, 9.17) is 4.74 Å². The zero-order valence-electron chi connectivity index (χ0n) is 34.2. The lowest BCUT2D eigenvalue weighted by Gasteiger charge is -2.42. The van der Waals surface area contributed by atoms with Gasteiger partial charge in [-0.25, -0.2) is 0 Å². The summed E-state index contributed by atoms with van der Waals surface area (Å²) in [5, 5.41) is 0. The van der Waals surface area contributed by atoms with Crippen LogP contribution in [0.4, 0.5) is 34.1 Å². The molecular weight excluding hydrogens is 741 g/mol. The molecule has 1 unspecified atom stereocenters. The SMILES string of the molecule is CC1(C)c2ccccc2-c2cc(N(c3ccccc3)c3ccc(C4(c5ccccc5)Oc5cc(N(c6ccccc6)c6ccccc6)ccc5-c5ccccc54)cc3)ccc21. The third-order valence-corrected chi connectivity index (χ3v) is 12.7. The average Bonchev–Trinajstić information content (AvgIpc) is 3.55. The minimum Gasteiger partial charge on any atom is -0.472 e. The Morgan fingerprint density at radius 1 is 0.311 bits per heavy atom. The number of rotatable bonds is 8. The van der Waals surface area contributed by atoms with Crippen molar-refractivity contribution in [1.82, 2.24) is 0 Å². The highest BCUT2D eigenvalue weighted by molar-refractivity contribution is 5.88. The van der Waals surface area contributed by atoms with Gasteiger partial charge in [0, 0.05) is 67.9 Å². The predicted molar refractivity (Wildman–Crippen MR) is 252 cm³/mol. The summed E-state index contributed by atoms with van der Waals surface area (Å²) < 4.78 is 7.61. The van der Waals surface area contributed by atoms with Gasteiger partial charge >= 0.3 is 0 Å². The number of fused-ring (bicyclic) bond motifs is 6. The van der Waals surface area contributed by atoms with Crippen LogP contribution in [-0.2, 0) is 11.0 Å². The Balaban J connectivity index is 1.06. The molecule has 0 saturated heterocycles. The molecule has 0 radical (unpaired) electrons. The van der Waals surface area contributed by atoms with Crippen molar-refractivity contribution >= 4 is 34.1 Å². The second-order valence-corrected chi connectivity index (χ2v) is 16.5. The Morgan fingerprint density at radius 3 is 1.31 bits per heavy atom. The number of hydrogen-bond acceptors (Lipinski definition) is 3. The fourth-order valence-electron chi connectivity index (χ4n) is 9.79. The van der Waals surface area contributed by atoms with Crippen molar-refractivity contribution in [3.05, 3.63) is 258 Å². The molecule has 9 aromatic rings. The quantitative estimate of drug-likeness (QED) is 0.153. The van der Waals surface area contributed by atoms with E-state index in [1.165, 1.54) is 22.3 Å². The lowest BCUT2D eigenvalue weighted by molar-refractivity contribution is 0.152. The Bertz CT molecular complexity index is 2980. The standard InChI is InChI=1S/C58H44N2O/c1-57(2)53-29-17-15-28-50(53)52-39-47(36-38-54(52)57)60(45-25-13-6-14-26-45)46-33-31-42(32-34-46)58(41-19-7-3-8-20-41)55-30-18-16-27-49(55)51-37-35-48(40-56(51)61-58)59(43-21-9-4-10-22-43)44-23-11-5-12-24-44/h3-40H,1-2H3. The fourth-order valence-corrected chi connectivity index (χ4v) is 9.79. The van der Waals surface area contributed by atoms with Crippen LogP contribution in [0.25, 0.3) is 22.3 Å². The number of nitrogens with zero attached hydrogens (tertiary/aromatic N) is 2. The smallest absolute Gasteiger partial charge is 0.185 e. The Labute approximate surface area is 358 Å². The lowest BCUT2D eigenvalue weighted by Crippen LogP contribution is -2.38. The topological polar surface area (TPSA) is 15.7 Å². The Hall–Kier alpha value is -7.62. The first-order valence-corrected chi connectivity index (χ1v) is 21.1. The maximum Gasteiger partial charge on any atom is 0.185 e. The number of anilines is 6. The molecule has 0 aromatic heterocycles. The minimum absolute atomic E-state index is 0.0630. The first-order valence-electron chi connectivity index (χ1n) is 21.1. The zero-order valence-corrected chi connectivity index (χ0v) is 34.2. The molecule has 9 aromatic carbocycles. The number of benzene rings is 9. The number of hydrogen-bond donors (Lipinski definition) is 0. The molecule has 0 fully saturated rings. The molecule has 3 heteroatoms. The van der Waals surface area contributed by atoms with Crippen molar-refractivity contribution in [3.8, 4) is 28.0 Å². The van der Waals surface area contributed by atoms with Crippen LogP contribution in [0.2, 0.25) is 0 Å². The van der Waals surface area contributed by atoms with Gasteiger partial charge in [-0.3, -0.25) is 0 Å². The van der Waals surface area contributed by atoms with Gasteiger partial charge in [0.1, 0.15) is 5.75 Å². The summed E-state index contributed by atoms with van der Waals surface area (Å²) in [6.07, 6.45) is 0. The van der Waals surface area contributed by atoms with Gasteiger partial charge in [-0.05, 0) is 101 Å². The first-order chi connectivity index (χ1) is 30.0. The molecule has 1 aliphatic heterocycles. The van der Waals surface area contributed by atoms with Crippen LogP contribution >= 0.6 is 0 Å². The van der Waals surface area contributed by atoms with Crippen molar-refractivity contribution in [2.24, 2.45) is 0 Å². The highest BCUT2D eigenvalue weighted by Crippen LogP contribution is 2.54. The highest BCUT2D eigenvalue weighted by atomic mass is 16.5. The normalized spacial score (nSPS) is 15.4. The fraction of sp³-hybridized carbons (Fsp3) is 0.0690. The number of ether oxygens (including phenoxy) is 1.